The van der Waals surface area contributed by atoms with E-state index in [1.807, 2.05) is 30.3 Å². The van der Waals surface area contributed by atoms with Gasteiger partial charge in [-0.3, -0.25) is 4.79 Å². The van der Waals surface area contributed by atoms with Crippen LogP contribution in [-0.2, 0) is 13.5 Å². The van der Waals surface area contributed by atoms with Crippen molar-refractivity contribution in [2.45, 2.75) is 18.9 Å². The standard InChI is InChI=1S/C15H16Cl2N4O3/c1-20-15(22)12(17)13(14(19-20)21(23)24)18-11(7-8-16)9-10-5-3-2-4-6-10/h2-6,11,18H,7-9H2,1H3. The molecule has 1 aromatic carbocycles. The average Bonchev–Trinajstić information content (AvgIpc) is 2.56. The van der Waals surface area contributed by atoms with Gasteiger partial charge in [-0.2, -0.15) is 0 Å². The smallest absolute Gasteiger partial charge is 0.374 e. The number of anilines is 1. The van der Waals surface area contributed by atoms with Crippen LogP contribution in [0, 0.1) is 10.1 Å². The zero-order valence-electron chi connectivity index (χ0n) is 12.9. The van der Waals surface area contributed by atoms with Gasteiger partial charge >= 0.3 is 11.4 Å². The van der Waals surface area contributed by atoms with Gasteiger partial charge < -0.3 is 15.4 Å². The monoisotopic (exact) mass is 370 g/mol. The molecule has 0 aliphatic carbocycles. The first-order valence-corrected chi connectivity index (χ1v) is 8.13. The Balaban J connectivity index is 2.37. The highest BCUT2D eigenvalue weighted by Crippen LogP contribution is 2.28. The van der Waals surface area contributed by atoms with E-state index in [1.165, 1.54) is 7.05 Å². The largest absolute Gasteiger partial charge is 0.413 e. The van der Waals surface area contributed by atoms with E-state index in [-0.39, 0.29) is 16.8 Å². The molecule has 0 amide bonds. The molecular weight excluding hydrogens is 355 g/mol. The second kappa shape index (κ2) is 8.12. The van der Waals surface area contributed by atoms with E-state index in [9.17, 15) is 14.9 Å². The molecule has 0 aliphatic rings. The predicted molar refractivity (Wildman–Crippen MR) is 94.0 cm³/mol. The van der Waals surface area contributed by atoms with Crippen molar-refractivity contribution in [2.75, 3.05) is 11.2 Å². The van der Waals surface area contributed by atoms with Crippen LogP contribution >= 0.6 is 23.2 Å². The molecule has 0 saturated heterocycles. The molecule has 128 valence electrons. The number of nitrogens with zero attached hydrogens (tertiary/aromatic N) is 3. The predicted octanol–water partition coefficient (Wildman–Crippen LogP) is 2.99. The van der Waals surface area contributed by atoms with Crippen molar-refractivity contribution in [3.05, 3.63) is 61.4 Å². The lowest BCUT2D eigenvalue weighted by Crippen LogP contribution is -2.28. The molecule has 0 spiro atoms. The Morgan fingerprint density at radius 2 is 2.04 bits per heavy atom. The Hall–Kier alpha value is -2.12. The fourth-order valence-corrected chi connectivity index (χ4v) is 2.82. The lowest BCUT2D eigenvalue weighted by Gasteiger charge is -2.19. The van der Waals surface area contributed by atoms with E-state index in [4.69, 9.17) is 23.2 Å². The average molecular weight is 371 g/mol. The molecule has 2 rings (SSSR count). The molecular formula is C15H16Cl2N4O3. The van der Waals surface area contributed by atoms with Crippen molar-refractivity contribution in [2.24, 2.45) is 7.05 Å². The Labute approximate surface area is 148 Å². The van der Waals surface area contributed by atoms with Crippen LogP contribution < -0.4 is 10.9 Å². The summed E-state index contributed by atoms with van der Waals surface area (Å²) >= 11 is 11.9. The number of alkyl halides is 1. The number of hydrogen-bond donors (Lipinski definition) is 1. The van der Waals surface area contributed by atoms with Crippen molar-refractivity contribution in [1.82, 2.24) is 9.78 Å². The summed E-state index contributed by atoms with van der Waals surface area (Å²) in [6, 6.07) is 9.38. The van der Waals surface area contributed by atoms with E-state index in [0.29, 0.717) is 18.7 Å². The maximum Gasteiger partial charge on any atom is 0.413 e. The van der Waals surface area contributed by atoms with Crippen molar-refractivity contribution >= 4 is 34.7 Å². The van der Waals surface area contributed by atoms with Crippen molar-refractivity contribution in [3.63, 3.8) is 0 Å². The summed E-state index contributed by atoms with van der Waals surface area (Å²) in [5, 5.41) is 17.6. The lowest BCUT2D eigenvalue weighted by atomic mass is 10.0. The number of hydrogen-bond acceptors (Lipinski definition) is 5. The first-order chi connectivity index (χ1) is 11.4. The topological polar surface area (TPSA) is 90.1 Å². The van der Waals surface area contributed by atoms with Gasteiger partial charge in [-0.1, -0.05) is 41.9 Å². The van der Waals surface area contributed by atoms with Gasteiger partial charge in [-0.25, -0.2) is 0 Å². The van der Waals surface area contributed by atoms with Crippen LogP contribution in [0.25, 0.3) is 0 Å². The number of aromatic nitrogens is 2. The molecule has 9 heteroatoms. The summed E-state index contributed by atoms with van der Waals surface area (Å²) in [4.78, 5) is 22.5. The van der Waals surface area contributed by atoms with E-state index in [0.717, 1.165) is 10.2 Å². The number of nitro groups is 1. The Kier molecular flexibility index (Phi) is 6.16. The van der Waals surface area contributed by atoms with Gasteiger partial charge in [-0.15, -0.1) is 16.3 Å². The molecule has 0 fully saturated rings. The van der Waals surface area contributed by atoms with E-state index < -0.39 is 16.3 Å². The van der Waals surface area contributed by atoms with Gasteiger partial charge in [0.2, 0.25) is 0 Å². The third kappa shape index (κ3) is 4.24. The quantitative estimate of drug-likeness (QED) is 0.459. The molecule has 0 aliphatic heterocycles. The van der Waals surface area contributed by atoms with Crippen LogP contribution in [0.1, 0.15) is 12.0 Å². The van der Waals surface area contributed by atoms with Gasteiger partial charge in [0.1, 0.15) is 5.02 Å². The molecule has 1 heterocycles. The second-order valence-electron chi connectivity index (χ2n) is 5.21. The Bertz CT molecular complexity index is 780. The van der Waals surface area contributed by atoms with Crippen LogP contribution in [0.15, 0.2) is 35.1 Å². The summed E-state index contributed by atoms with van der Waals surface area (Å²) in [5.41, 5.74) is 0.362. The zero-order chi connectivity index (χ0) is 17.7. The third-order valence-electron chi connectivity index (χ3n) is 3.47. The van der Waals surface area contributed by atoms with E-state index >= 15 is 0 Å². The minimum atomic E-state index is -0.673. The van der Waals surface area contributed by atoms with Crippen LogP contribution in [0.4, 0.5) is 11.5 Å². The summed E-state index contributed by atoms with van der Waals surface area (Å²) in [5.74, 6) is -0.136. The van der Waals surface area contributed by atoms with Crippen LogP contribution in [0.2, 0.25) is 5.02 Å². The van der Waals surface area contributed by atoms with Gasteiger partial charge in [0.05, 0.1) is 12.1 Å². The molecule has 1 unspecified atom stereocenters. The second-order valence-corrected chi connectivity index (χ2v) is 5.96. The Morgan fingerprint density at radius 1 is 1.38 bits per heavy atom. The molecule has 24 heavy (non-hydrogen) atoms. The normalized spacial score (nSPS) is 12.0. The summed E-state index contributed by atoms with van der Waals surface area (Å²) in [7, 11) is 1.31. The van der Waals surface area contributed by atoms with Crippen molar-refractivity contribution < 1.29 is 4.92 Å². The summed E-state index contributed by atoms with van der Waals surface area (Å²) in [6.07, 6.45) is 1.12. The SMILES string of the molecule is Cn1nc([N+](=O)[O-])c(NC(CCCl)Cc2ccccc2)c(Cl)c1=O. The summed E-state index contributed by atoms with van der Waals surface area (Å²) in [6.45, 7) is 0. The third-order valence-corrected chi connectivity index (χ3v) is 4.04. The van der Waals surface area contributed by atoms with Crippen LogP contribution in [-0.4, -0.2) is 26.6 Å². The van der Waals surface area contributed by atoms with Gasteiger partial charge in [0.25, 0.3) is 0 Å². The highest BCUT2D eigenvalue weighted by atomic mass is 35.5. The minimum Gasteiger partial charge on any atom is -0.374 e. The Morgan fingerprint density at radius 3 is 2.62 bits per heavy atom. The van der Waals surface area contributed by atoms with E-state index in [1.54, 1.807) is 0 Å². The molecule has 0 bridgehead atoms. The highest BCUT2D eigenvalue weighted by molar-refractivity contribution is 6.33. The molecule has 1 N–H and O–H groups in total. The first-order valence-electron chi connectivity index (χ1n) is 7.21. The van der Waals surface area contributed by atoms with Gasteiger partial charge in [0, 0.05) is 11.9 Å². The maximum absolute atomic E-state index is 11.9. The van der Waals surface area contributed by atoms with Gasteiger partial charge in [-0.05, 0) is 23.3 Å². The molecule has 0 saturated carbocycles. The molecule has 7 nitrogen and oxygen atoms in total. The van der Waals surface area contributed by atoms with Crippen LogP contribution in [0.5, 0.6) is 0 Å². The minimum absolute atomic E-state index is 0.0733. The van der Waals surface area contributed by atoms with Crippen molar-refractivity contribution in [1.29, 1.82) is 0 Å². The molecule has 1 aromatic heterocycles. The molecule has 1 atom stereocenters. The summed E-state index contributed by atoms with van der Waals surface area (Å²) < 4.78 is 0.847. The molecule has 2 aromatic rings. The number of halogens is 2. The van der Waals surface area contributed by atoms with Crippen molar-refractivity contribution in [3.8, 4) is 0 Å². The maximum atomic E-state index is 11.9. The van der Waals surface area contributed by atoms with Gasteiger partial charge in [0.15, 0.2) is 5.69 Å². The number of benzene rings is 1. The zero-order valence-corrected chi connectivity index (χ0v) is 14.4. The first kappa shape index (κ1) is 18.2. The fourth-order valence-electron chi connectivity index (χ4n) is 2.30. The number of rotatable bonds is 7. The fraction of sp³-hybridized carbons (Fsp3) is 0.333. The molecule has 0 radical (unpaired) electrons. The van der Waals surface area contributed by atoms with E-state index in [2.05, 4.69) is 10.4 Å². The number of nitrogens with one attached hydrogen (secondary N) is 1. The highest BCUT2D eigenvalue weighted by Gasteiger charge is 2.26. The lowest BCUT2D eigenvalue weighted by molar-refractivity contribution is -0.389. The van der Waals surface area contributed by atoms with Crippen LogP contribution in [0.3, 0.4) is 0 Å². The number of aryl methyl sites for hydroxylation is 1.